The second kappa shape index (κ2) is 6.92. The fraction of sp³-hybridized carbons (Fsp3) is 0.412. The van der Waals surface area contributed by atoms with Crippen molar-refractivity contribution in [2.24, 2.45) is 5.92 Å². The first kappa shape index (κ1) is 15.0. The van der Waals surface area contributed by atoms with E-state index in [1.54, 1.807) is 11.3 Å². The summed E-state index contributed by atoms with van der Waals surface area (Å²) in [6, 6.07) is 10.5. The molecule has 2 aromatic rings. The van der Waals surface area contributed by atoms with Crippen LogP contribution in [0.5, 0.6) is 0 Å². The van der Waals surface area contributed by atoms with Gasteiger partial charge in [-0.25, -0.2) is 9.78 Å². The minimum atomic E-state index is -0.0827. The minimum absolute atomic E-state index is 0.0827. The molecule has 2 amide bonds. The van der Waals surface area contributed by atoms with Crippen LogP contribution in [0.25, 0.3) is 0 Å². The van der Waals surface area contributed by atoms with Gasteiger partial charge in [-0.2, -0.15) is 0 Å². The number of hydrogen-bond donors (Lipinski definition) is 2. The maximum Gasteiger partial charge on any atom is 0.315 e. The van der Waals surface area contributed by atoms with Gasteiger partial charge < -0.3 is 10.6 Å². The van der Waals surface area contributed by atoms with E-state index < -0.39 is 0 Å². The number of thiazole rings is 1. The maximum absolute atomic E-state index is 12.1. The fourth-order valence-electron chi connectivity index (χ4n) is 2.58. The van der Waals surface area contributed by atoms with Gasteiger partial charge in [-0.05, 0) is 37.7 Å². The molecule has 1 heterocycles. The van der Waals surface area contributed by atoms with E-state index in [2.05, 4.69) is 27.8 Å². The quantitative estimate of drug-likeness (QED) is 0.859. The first-order chi connectivity index (χ1) is 10.7. The number of carbonyl (C=O) groups is 1. The Balaban J connectivity index is 1.52. The van der Waals surface area contributed by atoms with Crippen molar-refractivity contribution in [3.63, 3.8) is 0 Å². The third-order valence-electron chi connectivity index (χ3n) is 4.06. The van der Waals surface area contributed by atoms with E-state index in [-0.39, 0.29) is 12.1 Å². The monoisotopic (exact) mass is 315 g/mol. The van der Waals surface area contributed by atoms with E-state index in [0.29, 0.717) is 12.5 Å². The van der Waals surface area contributed by atoms with Gasteiger partial charge in [0.25, 0.3) is 0 Å². The third kappa shape index (κ3) is 4.07. The highest BCUT2D eigenvalue weighted by molar-refractivity contribution is 7.09. The molecule has 3 rings (SSSR count). The molecule has 0 radical (unpaired) electrons. The van der Waals surface area contributed by atoms with Crippen molar-refractivity contribution in [2.75, 3.05) is 0 Å². The van der Waals surface area contributed by atoms with Gasteiger partial charge in [0.2, 0.25) is 0 Å². The summed E-state index contributed by atoms with van der Waals surface area (Å²) in [7, 11) is 0. The van der Waals surface area contributed by atoms with Gasteiger partial charge >= 0.3 is 6.03 Å². The zero-order chi connectivity index (χ0) is 15.4. The first-order valence-electron chi connectivity index (χ1n) is 7.69. The molecular formula is C17H21N3OS. The van der Waals surface area contributed by atoms with Crippen LogP contribution >= 0.6 is 11.3 Å². The SMILES string of the molecule is Cc1ncsc1CNC(=O)NC(Cc1ccccc1)C1CC1. The molecule has 116 valence electrons. The average molecular weight is 315 g/mol. The highest BCUT2D eigenvalue weighted by atomic mass is 32.1. The van der Waals surface area contributed by atoms with Gasteiger partial charge in [-0.15, -0.1) is 11.3 Å². The summed E-state index contributed by atoms with van der Waals surface area (Å²) in [5.74, 6) is 0.621. The van der Waals surface area contributed by atoms with Gasteiger partial charge in [0, 0.05) is 10.9 Å². The van der Waals surface area contributed by atoms with Crippen LogP contribution in [0.3, 0.4) is 0 Å². The summed E-state index contributed by atoms with van der Waals surface area (Å²) in [5.41, 5.74) is 4.08. The number of carbonyl (C=O) groups excluding carboxylic acids is 1. The van der Waals surface area contributed by atoms with Gasteiger partial charge in [0.15, 0.2) is 0 Å². The molecule has 0 spiro atoms. The molecule has 1 aliphatic rings. The van der Waals surface area contributed by atoms with Crippen molar-refractivity contribution in [1.82, 2.24) is 15.6 Å². The number of aryl methyl sites for hydroxylation is 1. The van der Waals surface area contributed by atoms with E-state index >= 15 is 0 Å². The van der Waals surface area contributed by atoms with E-state index in [0.717, 1.165) is 17.0 Å². The second-order valence-corrected chi connectivity index (χ2v) is 6.76. The molecule has 1 aromatic carbocycles. The molecule has 0 bridgehead atoms. The van der Waals surface area contributed by atoms with Gasteiger partial charge in [0.05, 0.1) is 17.7 Å². The Labute approximate surface area is 135 Å². The molecular weight excluding hydrogens is 294 g/mol. The number of amides is 2. The van der Waals surface area contributed by atoms with Crippen LogP contribution in [0, 0.1) is 12.8 Å². The predicted molar refractivity (Wildman–Crippen MR) is 88.9 cm³/mol. The van der Waals surface area contributed by atoms with E-state index in [1.165, 1.54) is 18.4 Å². The number of nitrogens with one attached hydrogen (secondary N) is 2. The topological polar surface area (TPSA) is 54.0 Å². The van der Waals surface area contributed by atoms with Crippen molar-refractivity contribution in [3.8, 4) is 0 Å². The van der Waals surface area contributed by atoms with Crippen LogP contribution in [-0.4, -0.2) is 17.1 Å². The van der Waals surface area contributed by atoms with E-state index in [9.17, 15) is 4.79 Å². The third-order valence-corrected chi connectivity index (χ3v) is 5.00. The summed E-state index contributed by atoms with van der Waals surface area (Å²) in [6.45, 7) is 2.51. The van der Waals surface area contributed by atoms with Crippen LogP contribution in [0.15, 0.2) is 35.8 Å². The summed E-state index contributed by atoms with van der Waals surface area (Å²) >= 11 is 1.58. The lowest BCUT2D eigenvalue weighted by Crippen LogP contribution is -2.43. The molecule has 1 unspecified atom stereocenters. The molecule has 1 fully saturated rings. The number of benzene rings is 1. The molecule has 1 aromatic heterocycles. The van der Waals surface area contributed by atoms with Crippen LogP contribution in [0.2, 0.25) is 0 Å². The highest BCUT2D eigenvalue weighted by Gasteiger charge is 2.32. The molecule has 22 heavy (non-hydrogen) atoms. The lowest BCUT2D eigenvalue weighted by atomic mass is 10.0. The van der Waals surface area contributed by atoms with Crippen LogP contribution < -0.4 is 10.6 Å². The number of urea groups is 1. The smallest absolute Gasteiger partial charge is 0.315 e. The number of rotatable bonds is 6. The molecule has 0 aliphatic heterocycles. The minimum Gasteiger partial charge on any atom is -0.335 e. The number of hydrogen-bond acceptors (Lipinski definition) is 3. The normalized spacial score (nSPS) is 15.3. The fourth-order valence-corrected chi connectivity index (χ4v) is 3.29. The van der Waals surface area contributed by atoms with Gasteiger partial charge in [-0.1, -0.05) is 30.3 Å². The summed E-state index contributed by atoms with van der Waals surface area (Å²) in [6.07, 6.45) is 3.33. The molecule has 1 aliphatic carbocycles. The molecule has 5 heteroatoms. The molecule has 0 saturated heterocycles. The lowest BCUT2D eigenvalue weighted by molar-refractivity contribution is 0.235. The van der Waals surface area contributed by atoms with E-state index in [4.69, 9.17) is 0 Å². The van der Waals surface area contributed by atoms with Crippen LogP contribution in [0.4, 0.5) is 4.79 Å². The Bertz CT molecular complexity index is 622. The Kier molecular flexibility index (Phi) is 4.73. The summed E-state index contributed by atoms with van der Waals surface area (Å²) < 4.78 is 0. The lowest BCUT2D eigenvalue weighted by Gasteiger charge is -2.19. The van der Waals surface area contributed by atoms with Crippen molar-refractivity contribution in [2.45, 2.75) is 38.8 Å². The first-order valence-corrected chi connectivity index (χ1v) is 8.57. The predicted octanol–water partition coefficient (Wildman–Crippen LogP) is 3.27. The van der Waals surface area contributed by atoms with Crippen LogP contribution in [0.1, 0.15) is 29.0 Å². The number of aromatic nitrogens is 1. The Hall–Kier alpha value is -1.88. The zero-order valence-corrected chi connectivity index (χ0v) is 13.5. The Morgan fingerprint density at radius 1 is 1.36 bits per heavy atom. The Morgan fingerprint density at radius 3 is 2.77 bits per heavy atom. The van der Waals surface area contributed by atoms with Crippen molar-refractivity contribution in [1.29, 1.82) is 0 Å². The van der Waals surface area contributed by atoms with Crippen LogP contribution in [-0.2, 0) is 13.0 Å². The molecule has 1 saturated carbocycles. The molecule has 1 atom stereocenters. The second-order valence-electron chi connectivity index (χ2n) is 5.82. The van der Waals surface area contributed by atoms with Crippen molar-refractivity contribution >= 4 is 17.4 Å². The van der Waals surface area contributed by atoms with Crippen molar-refractivity contribution in [3.05, 3.63) is 52.0 Å². The highest BCUT2D eigenvalue weighted by Crippen LogP contribution is 2.34. The molecule has 2 N–H and O–H groups in total. The average Bonchev–Trinajstić information content (AvgIpc) is 3.29. The Morgan fingerprint density at radius 2 is 2.14 bits per heavy atom. The van der Waals surface area contributed by atoms with E-state index in [1.807, 2.05) is 30.6 Å². The largest absolute Gasteiger partial charge is 0.335 e. The van der Waals surface area contributed by atoms with Gasteiger partial charge in [0.1, 0.15) is 0 Å². The van der Waals surface area contributed by atoms with Gasteiger partial charge in [-0.3, -0.25) is 0 Å². The van der Waals surface area contributed by atoms with Crippen molar-refractivity contribution < 1.29 is 4.79 Å². The summed E-state index contributed by atoms with van der Waals surface area (Å²) in [4.78, 5) is 17.5. The summed E-state index contributed by atoms with van der Waals surface area (Å²) in [5, 5.41) is 6.09. The standard InChI is InChI=1S/C17H21N3OS/c1-12-16(22-11-19-12)10-18-17(21)20-15(14-7-8-14)9-13-5-3-2-4-6-13/h2-6,11,14-15H,7-10H2,1H3,(H2,18,20,21). The zero-order valence-electron chi connectivity index (χ0n) is 12.7. The maximum atomic E-state index is 12.1. The number of nitrogens with zero attached hydrogens (tertiary/aromatic N) is 1. The molecule has 4 nitrogen and oxygen atoms in total.